The molecule has 0 bridgehead atoms. The molecule has 1 N–H and O–H groups in total. The lowest BCUT2D eigenvalue weighted by Gasteiger charge is -2.25. The molecule has 0 saturated carbocycles. The van der Waals surface area contributed by atoms with E-state index in [0.717, 1.165) is 22.6 Å². The summed E-state index contributed by atoms with van der Waals surface area (Å²) >= 11 is 1.35. The SMILES string of the molecule is CCc1nnc(NC(=O)c2ccc3c(c2)C[C@@H](c2ccccc2)OC3=O)s1. The summed E-state index contributed by atoms with van der Waals surface area (Å²) in [5.74, 6) is -0.638. The van der Waals surface area contributed by atoms with Crippen LogP contribution in [0.5, 0.6) is 0 Å². The maximum absolute atomic E-state index is 12.5. The average Bonchev–Trinajstić information content (AvgIpc) is 3.15. The van der Waals surface area contributed by atoms with Crippen LogP contribution >= 0.6 is 11.3 Å². The van der Waals surface area contributed by atoms with E-state index in [1.165, 1.54) is 11.3 Å². The number of ether oxygens (including phenoxy) is 1. The van der Waals surface area contributed by atoms with Gasteiger partial charge in [0.05, 0.1) is 5.56 Å². The number of amides is 1. The Bertz CT molecular complexity index is 1000. The van der Waals surface area contributed by atoms with E-state index in [1.807, 2.05) is 37.3 Å². The monoisotopic (exact) mass is 379 g/mol. The van der Waals surface area contributed by atoms with Crippen molar-refractivity contribution in [3.63, 3.8) is 0 Å². The van der Waals surface area contributed by atoms with E-state index in [4.69, 9.17) is 4.74 Å². The number of fused-ring (bicyclic) bond motifs is 1. The molecule has 4 rings (SSSR count). The summed E-state index contributed by atoms with van der Waals surface area (Å²) in [7, 11) is 0. The van der Waals surface area contributed by atoms with E-state index >= 15 is 0 Å². The van der Waals surface area contributed by atoms with Crippen molar-refractivity contribution < 1.29 is 14.3 Å². The second-order valence-corrected chi connectivity index (χ2v) is 7.25. The van der Waals surface area contributed by atoms with Crippen molar-refractivity contribution >= 4 is 28.3 Å². The van der Waals surface area contributed by atoms with Crippen LogP contribution in [-0.2, 0) is 17.6 Å². The molecule has 0 spiro atoms. The number of nitrogens with one attached hydrogen (secondary N) is 1. The van der Waals surface area contributed by atoms with Gasteiger partial charge in [0.25, 0.3) is 5.91 Å². The van der Waals surface area contributed by atoms with Crippen LogP contribution in [0.15, 0.2) is 48.5 Å². The number of nitrogens with zero attached hydrogens (tertiary/aromatic N) is 2. The third-order valence-corrected chi connectivity index (χ3v) is 5.39. The zero-order valence-electron chi connectivity index (χ0n) is 14.6. The topological polar surface area (TPSA) is 81.2 Å². The van der Waals surface area contributed by atoms with E-state index in [0.29, 0.717) is 22.7 Å². The van der Waals surface area contributed by atoms with Crippen LogP contribution in [0.25, 0.3) is 0 Å². The van der Waals surface area contributed by atoms with Gasteiger partial charge in [0, 0.05) is 12.0 Å². The second kappa shape index (κ2) is 7.28. The van der Waals surface area contributed by atoms with Gasteiger partial charge in [0.2, 0.25) is 5.13 Å². The third kappa shape index (κ3) is 3.59. The molecule has 6 nitrogen and oxygen atoms in total. The smallest absolute Gasteiger partial charge is 0.339 e. The lowest BCUT2D eigenvalue weighted by molar-refractivity contribution is 0.0252. The first-order valence-electron chi connectivity index (χ1n) is 8.66. The van der Waals surface area contributed by atoms with Crippen LogP contribution < -0.4 is 5.32 Å². The Kier molecular flexibility index (Phi) is 4.68. The third-order valence-electron chi connectivity index (χ3n) is 4.40. The first kappa shape index (κ1) is 17.4. The molecule has 0 aliphatic carbocycles. The molecule has 0 radical (unpaired) electrons. The molecular weight excluding hydrogens is 362 g/mol. The normalized spacial score (nSPS) is 15.7. The van der Waals surface area contributed by atoms with Crippen LogP contribution in [0, 0.1) is 0 Å². The molecule has 1 atom stereocenters. The molecule has 3 aromatic rings. The van der Waals surface area contributed by atoms with Crippen molar-refractivity contribution in [1.29, 1.82) is 0 Å². The molecule has 2 heterocycles. The predicted molar refractivity (Wildman–Crippen MR) is 102 cm³/mol. The van der Waals surface area contributed by atoms with Crippen molar-refractivity contribution in [3.8, 4) is 0 Å². The fourth-order valence-corrected chi connectivity index (χ4v) is 3.68. The zero-order valence-corrected chi connectivity index (χ0v) is 15.5. The summed E-state index contributed by atoms with van der Waals surface area (Å²) in [5.41, 5.74) is 2.72. The molecule has 136 valence electrons. The summed E-state index contributed by atoms with van der Waals surface area (Å²) in [5, 5.41) is 12.1. The minimum atomic E-state index is -0.367. The molecule has 1 aromatic heterocycles. The Morgan fingerprint density at radius 2 is 2.04 bits per heavy atom. The number of carbonyl (C=O) groups is 2. The number of aromatic nitrogens is 2. The first-order valence-corrected chi connectivity index (χ1v) is 9.48. The Labute approximate surface area is 160 Å². The molecule has 1 aliphatic rings. The van der Waals surface area contributed by atoms with Gasteiger partial charge in [0.15, 0.2) is 0 Å². The number of benzene rings is 2. The lowest BCUT2D eigenvalue weighted by atomic mass is 9.93. The molecule has 7 heteroatoms. The highest BCUT2D eigenvalue weighted by Crippen LogP contribution is 2.31. The number of cyclic esters (lactones) is 1. The van der Waals surface area contributed by atoms with Crippen molar-refractivity contribution in [2.24, 2.45) is 0 Å². The number of esters is 1. The van der Waals surface area contributed by atoms with Gasteiger partial charge < -0.3 is 4.74 Å². The number of hydrogen-bond acceptors (Lipinski definition) is 6. The largest absolute Gasteiger partial charge is 0.454 e. The summed E-state index contributed by atoms with van der Waals surface area (Å²) < 4.78 is 5.55. The van der Waals surface area contributed by atoms with Gasteiger partial charge in [-0.25, -0.2) is 4.79 Å². The van der Waals surface area contributed by atoms with Crippen LogP contribution in [0.4, 0.5) is 5.13 Å². The highest BCUT2D eigenvalue weighted by Gasteiger charge is 2.28. The molecule has 27 heavy (non-hydrogen) atoms. The van der Waals surface area contributed by atoms with Gasteiger partial charge in [-0.15, -0.1) is 10.2 Å². The molecule has 0 saturated heterocycles. The van der Waals surface area contributed by atoms with Crippen molar-refractivity contribution in [1.82, 2.24) is 10.2 Å². The molecule has 0 fully saturated rings. The number of aryl methyl sites for hydroxylation is 1. The Morgan fingerprint density at radius 1 is 1.22 bits per heavy atom. The van der Waals surface area contributed by atoms with Gasteiger partial charge in [-0.1, -0.05) is 48.6 Å². The van der Waals surface area contributed by atoms with Crippen LogP contribution in [0.2, 0.25) is 0 Å². The highest BCUT2D eigenvalue weighted by molar-refractivity contribution is 7.15. The van der Waals surface area contributed by atoms with Gasteiger partial charge in [0.1, 0.15) is 11.1 Å². The molecule has 1 amide bonds. The minimum absolute atomic E-state index is 0.271. The predicted octanol–water partition coefficient (Wildman–Crippen LogP) is 3.81. The Hall–Kier alpha value is -3.06. The number of anilines is 1. The zero-order chi connectivity index (χ0) is 18.8. The van der Waals surface area contributed by atoms with Crippen molar-refractivity contribution in [3.05, 3.63) is 75.8 Å². The standard InChI is InChI=1S/C20H17N3O3S/c1-2-17-22-23-20(27-17)21-18(24)13-8-9-15-14(10-13)11-16(26-19(15)25)12-6-4-3-5-7-12/h3-10,16H,2,11H2,1H3,(H,21,23,24)/t16-/m0/s1. The number of hydrogen-bond donors (Lipinski definition) is 1. The highest BCUT2D eigenvalue weighted by atomic mass is 32.1. The summed E-state index contributed by atoms with van der Waals surface area (Å²) in [6, 6.07) is 14.6. The van der Waals surface area contributed by atoms with E-state index in [9.17, 15) is 9.59 Å². The van der Waals surface area contributed by atoms with Gasteiger partial charge >= 0.3 is 5.97 Å². The fourth-order valence-electron chi connectivity index (χ4n) is 3.01. The lowest BCUT2D eigenvalue weighted by Crippen LogP contribution is -2.23. The Balaban J connectivity index is 1.57. The molecule has 1 aliphatic heterocycles. The Morgan fingerprint density at radius 3 is 2.78 bits per heavy atom. The van der Waals surface area contributed by atoms with Crippen LogP contribution in [0.3, 0.4) is 0 Å². The fraction of sp³-hybridized carbons (Fsp3) is 0.200. The first-order chi connectivity index (χ1) is 13.1. The molecular formula is C20H17N3O3S. The number of carbonyl (C=O) groups excluding carboxylic acids is 2. The van der Waals surface area contributed by atoms with Crippen LogP contribution in [0.1, 0.15) is 49.9 Å². The molecule has 2 aromatic carbocycles. The van der Waals surface area contributed by atoms with E-state index in [-0.39, 0.29) is 18.0 Å². The van der Waals surface area contributed by atoms with E-state index in [1.54, 1.807) is 18.2 Å². The van der Waals surface area contributed by atoms with Crippen LogP contribution in [-0.4, -0.2) is 22.1 Å². The van der Waals surface area contributed by atoms with Crippen molar-refractivity contribution in [2.75, 3.05) is 5.32 Å². The maximum atomic E-state index is 12.5. The second-order valence-electron chi connectivity index (χ2n) is 6.19. The maximum Gasteiger partial charge on any atom is 0.339 e. The summed E-state index contributed by atoms with van der Waals surface area (Å²) in [6.45, 7) is 1.98. The van der Waals surface area contributed by atoms with Gasteiger partial charge in [-0.05, 0) is 35.7 Å². The summed E-state index contributed by atoms with van der Waals surface area (Å²) in [6.07, 6.45) is 0.958. The van der Waals surface area contributed by atoms with E-state index in [2.05, 4.69) is 15.5 Å². The summed E-state index contributed by atoms with van der Waals surface area (Å²) in [4.78, 5) is 24.9. The quantitative estimate of drug-likeness (QED) is 0.697. The van der Waals surface area contributed by atoms with Crippen molar-refractivity contribution in [2.45, 2.75) is 25.9 Å². The average molecular weight is 379 g/mol. The number of rotatable bonds is 4. The van der Waals surface area contributed by atoms with E-state index < -0.39 is 0 Å². The minimum Gasteiger partial charge on any atom is -0.454 e. The van der Waals surface area contributed by atoms with Gasteiger partial charge in [-0.3, -0.25) is 10.1 Å². The van der Waals surface area contributed by atoms with Gasteiger partial charge in [-0.2, -0.15) is 0 Å². The molecule has 0 unspecified atom stereocenters.